The van der Waals surface area contributed by atoms with Crippen LogP contribution in [0.4, 0.5) is 30.2 Å². The lowest BCUT2D eigenvalue weighted by Gasteiger charge is -2.24. The molecule has 15 heteroatoms. The smallest absolute Gasteiger partial charge is 0.325 e. The number of thioether (sulfide) groups is 1. The molecule has 0 aliphatic carbocycles. The maximum absolute atomic E-state index is 13.6. The Bertz CT molecular complexity index is 1870. The van der Waals surface area contributed by atoms with Crippen LogP contribution >= 0.6 is 23.4 Å². The van der Waals surface area contributed by atoms with E-state index < -0.39 is 49.3 Å². The van der Waals surface area contributed by atoms with Crippen LogP contribution in [0.5, 0.6) is 0 Å². The zero-order chi connectivity index (χ0) is 32.3. The van der Waals surface area contributed by atoms with E-state index in [0.29, 0.717) is 6.07 Å². The summed E-state index contributed by atoms with van der Waals surface area (Å²) in [7, 11) is -8.46. The topological polar surface area (TPSA) is 113 Å². The van der Waals surface area contributed by atoms with Crippen LogP contribution in [-0.4, -0.2) is 35.5 Å². The largest absolute Gasteiger partial charge is 0.417 e. The van der Waals surface area contributed by atoms with Gasteiger partial charge in [0, 0.05) is 16.3 Å². The number of hydrogen-bond acceptors (Lipinski definition) is 6. The van der Waals surface area contributed by atoms with Crippen LogP contribution < -0.4 is 14.3 Å². The Hall–Kier alpha value is -3.72. The van der Waals surface area contributed by atoms with E-state index in [1.54, 1.807) is 36.4 Å². The molecule has 4 aromatic carbocycles. The molecule has 0 fully saturated rings. The summed E-state index contributed by atoms with van der Waals surface area (Å²) in [5.41, 5.74) is -0.231. The second kappa shape index (κ2) is 13.1. The molecule has 8 nitrogen and oxygen atoms in total. The van der Waals surface area contributed by atoms with Crippen molar-refractivity contribution in [3.63, 3.8) is 0 Å². The summed E-state index contributed by atoms with van der Waals surface area (Å²) in [5, 5.41) is 1.97. The predicted molar refractivity (Wildman–Crippen MR) is 166 cm³/mol. The summed E-state index contributed by atoms with van der Waals surface area (Å²) in [4.78, 5) is 13.6. The summed E-state index contributed by atoms with van der Waals surface area (Å²) in [5.74, 6) is -0.704. The third kappa shape index (κ3) is 7.86. The number of carbonyl (C=O) groups is 1. The third-order valence-electron chi connectivity index (χ3n) is 6.23. The Morgan fingerprint density at radius 2 is 1.41 bits per heavy atom. The fourth-order valence-electron chi connectivity index (χ4n) is 3.97. The van der Waals surface area contributed by atoms with Crippen LogP contribution in [-0.2, 0) is 31.0 Å². The van der Waals surface area contributed by atoms with Gasteiger partial charge in [-0.1, -0.05) is 29.3 Å². The Balaban J connectivity index is 1.52. The van der Waals surface area contributed by atoms with Gasteiger partial charge in [-0.15, -0.1) is 11.8 Å². The number of hydrogen-bond donors (Lipinski definition) is 2. The summed E-state index contributed by atoms with van der Waals surface area (Å²) in [6.07, 6.45) is -2.93. The lowest BCUT2D eigenvalue weighted by molar-refractivity contribution is -0.137. The van der Waals surface area contributed by atoms with E-state index >= 15 is 0 Å². The Morgan fingerprint density at radius 1 is 0.841 bits per heavy atom. The number of carbonyl (C=O) groups excluding carboxylic acids is 1. The molecule has 0 bridgehead atoms. The van der Waals surface area contributed by atoms with Crippen LogP contribution in [0, 0.1) is 6.92 Å². The maximum atomic E-state index is 13.6. The van der Waals surface area contributed by atoms with Gasteiger partial charge in [0.25, 0.3) is 20.0 Å². The number of benzene rings is 4. The zero-order valence-corrected chi connectivity index (χ0v) is 26.3. The highest BCUT2D eigenvalue weighted by Crippen LogP contribution is 2.36. The molecule has 0 atom stereocenters. The summed E-state index contributed by atoms with van der Waals surface area (Å²) < 4.78 is 95.4. The first-order valence-corrected chi connectivity index (χ1v) is 17.2. The SMILES string of the molecule is CSc1ccc(S(=O)(=O)N(CC(=O)Nc2ccc(S(=O)(=O)Nc3ccc(Cl)c(C(F)(F)F)c3)cc2)c2ccc(C)cc2)cc1. The highest BCUT2D eigenvalue weighted by molar-refractivity contribution is 7.98. The fraction of sp³-hybridized carbons (Fsp3) is 0.138. The molecular weight excluding hydrogens is 659 g/mol. The number of aryl methyl sites for hydroxylation is 1. The molecule has 0 radical (unpaired) electrons. The van der Waals surface area contributed by atoms with Crippen molar-refractivity contribution < 1.29 is 34.8 Å². The van der Waals surface area contributed by atoms with Crippen molar-refractivity contribution in [2.45, 2.75) is 27.8 Å². The van der Waals surface area contributed by atoms with Crippen molar-refractivity contribution in [2.75, 3.05) is 27.1 Å². The van der Waals surface area contributed by atoms with Crippen molar-refractivity contribution in [3.8, 4) is 0 Å². The van der Waals surface area contributed by atoms with Gasteiger partial charge in [0.15, 0.2) is 0 Å². The van der Waals surface area contributed by atoms with E-state index in [4.69, 9.17) is 11.6 Å². The number of rotatable bonds is 10. The lowest BCUT2D eigenvalue weighted by atomic mass is 10.2. The van der Waals surface area contributed by atoms with E-state index in [0.717, 1.165) is 39.0 Å². The van der Waals surface area contributed by atoms with Crippen LogP contribution in [0.2, 0.25) is 5.02 Å². The van der Waals surface area contributed by atoms with Crippen LogP contribution in [0.3, 0.4) is 0 Å². The molecule has 4 aromatic rings. The number of sulfonamides is 2. The zero-order valence-electron chi connectivity index (χ0n) is 23.1. The van der Waals surface area contributed by atoms with Crippen molar-refractivity contribution in [2.24, 2.45) is 0 Å². The lowest BCUT2D eigenvalue weighted by Crippen LogP contribution is -2.38. The first kappa shape index (κ1) is 33.2. The molecular formula is C29H25ClF3N3O5S3. The molecule has 44 heavy (non-hydrogen) atoms. The van der Waals surface area contributed by atoms with Crippen LogP contribution in [0.25, 0.3) is 0 Å². The van der Waals surface area contributed by atoms with Crippen molar-refractivity contribution in [3.05, 3.63) is 107 Å². The van der Waals surface area contributed by atoms with Crippen molar-refractivity contribution in [1.29, 1.82) is 0 Å². The molecule has 0 aliphatic rings. The minimum atomic E-state index is -4.79. The number of alkyl halides is 3. The highest BCUT2D eigenvalue weighted by Gasteiger charge is 2.34. The van der Waals surface area contributed by atoms with Gasteiger partial charge in [0.1, 0.15) is 6.54 Å². The number of nitrogens with zero attached hydrogens (tertiary/aromatic N) is 1. The average Bonchev–Trinajstić information content (AvgIpc) is 2.97. The number of amides is 1. The molecule has 0 aromatic heterocycles. The van der Waals surface area contributed by atoms with Crippen LogP contribution in [0.1, 0.15) is 11.1 Å². The number of nitrogens with one attached hydrogen (secondary N) is 2. The van der Waals surface area contributed by atoms with Gasteiger partial charge in [-0.05, 0) is 92.0 Å². The maximum Gasteiger partial charge on any atom is 0.417 e. The Labute approximate surface area is 262 Å². The first-order chi connectivity index (χ1) is 20.6. The third-order valence-corrected chi connectivity index (χ3v) is 10.5. The average molecular weight is 684 g/mol. The van der Waals surface area contributed by atoms with E-state index in [1.807, 2.05) is 13.2 Å². The van der Waals surface area contributed by atoms with E-state index in [1.165, 1.54) is 36.0 Å². The summed E-state index contributed by atoms with van der Waals surface area (Å²) in [6, 6.07) is 20.3. The first-order valence-electron chi connectivity index (χ1n) is 12.6. The van der Waals surface area contributed by atoms with Gasteiger partial charge in [-0.2, -0.15) is 13.2 Å². The molecule has 0 spiro atoms. The summed E-state index contributed by atoms with van der Waals surface area (Å²) in [6.45, 7) is 1.25. The van der Waals surface area contributed by atoms with Gasteiger partial charge >= 0.3 is 6.18 Å². The minimum absolute atomic E-state index is 0.00576. The van der Waals surface area contributed by atoms with Gasteiger partial charge in [-0.3, -0.25) is 13.8 Å². The molecule has 232 valence electrons. The quantitative estimate of drug-likeness (QED) is 0.174. The van der Waals surface area contributed by atoms with E-state index in [2.05, 4.69) is 10.0 Å². The van der Waals surface area contributed by atoms with E-state index in [-0.39, 0.29) is 26.9 Å². The van der Waals surface area contributed by atoms with Crippen LogP contribution in [0.15, 0.2) is 106 Å². The molecule has 1 amide bonds. The molecule has 2 N–H and O–H groups in total. The summed E-state index contributed by atoms with van der Waals surface area (Å²) >= 11 is 7.05. The van der Waals surface area contributed by atoms with Gasteiger partial charge in [0.05, 0.1) is 26.1 Å². The van der Waals surface area contributed by atoms with E-state index in [9.17, 15) is 34.8 Å². The number of halogens is 4. The highest BCUT2D eigenvalue weighted by atomic mass is 35.5. The second-order valence-corrected chi connectivity index (χ2v) is 14.2. The molecule has 0 aliphatic heterocycles. The molecule has 0 saturated carbocycles. The normalized spacial score (nSPS) is 12.0. The molecule has 0 heterocycles. The monoisotopic (exact) mass is 683 g/mol. The molecule has 4 rings (SSSR count). The number of anilines is 3. The molecule has 0 saturated heterocycles. The standard InChI is InChI=1S/C29H25ClF3N3O5S3/c1-19-3-8-22(9-4-19)36(44(40,41)25-14-10-23(42-2)11-15-25)18-28(37)34-20-5-12-24(13-6-20)43(38,39)35-21-7-16-27(30)26(17-21)29(31,32)33/h3-17,35H,18H2,1-2H3,(H,34,37). The minimum Gasteiger partial charge on any atom is -0.325 e. The molecule has 0 unspecified atom stereocenters. The van der Waals surface area contributed by atoms with Crippen molar-refractivity contribution in [1.82, 2.24) is 0 Å². The second-order valence-electron chi connectivity index (χ2n) is 9.39. The van der Waals surface area contributed by atoms with Crippen molar-refractivity contribution >= 4 is 66.4 Å². The van der Waals surface area contributed by atoms with Gasteiger partial charge in [0.2, 0.25) is 5.91 Å². The fourth-order valence-corrected chi connectivity index (χ4v) is 7.07. The Morgan fingerprint density at radius 3 is 1.98 bits per heavy atom. The Kier molecular flexibility index (Phi) is 9.88. The van der Waals surface area contributed by atoms with Gasteiger partial charge in [-0.25, -0.2) is 16.8 Å². The predicted octanol–water partition coefficient (Wildman–Crippen LogP) is 7.02. The van der Waals surface area contributed by atoms with Gasteiger partial charge < -0.3 is 5.32 Å².